The molecule has 0 fully saturated rings. The molecule has 0 aliphatic carbocycles. The lowest BCUT2D eigenvalue weighted by Crippen LogP contribution is -2.22. The molecule has 0 spiro atoms. The van der Waals surface area contributed by atoms with Crippen LogP contribution in [0, 0.1) is 0 Å². The highest BCUT2D eigenvalue weighted by Crippen LogP contribution is 2.23. The second-order valence-corrected chi connectivity index (χ2v) is 4.26. The van der Waals surface area contributed by atoms with Crippen LogP contribution in [0.5, 0.6) is 0 Å². The highest BCUT2D eigenvalue weighted by molar-refractivity contribution is 5.88. The summed E-state index contributed by atoms with van der Waals surface area (Å²) in [6, 6.07) is 1.73. The minimum Gasteiger partial charge on any atom is -0.483 e. The molecular weight excluding hydrogens is 246 g/mol. The van der Waals surface area contributed by atoms with Gasteiger partial charge in [-0.15, -0.1) is 0 Å². The molecule has 6 nitrogen and oxygen atoms in total. The fourth-order valence-electron chi connectivity index (χ4n) is 2.03. The van der Waals surface area contributed by atoms with Gasteiger partial charge in [-0.05, 0) is 24.1 Å². The van der Waals surface area contributed by atoms with Crippen molar-refractivity contribution < 1.29 is 14.3 Å². The number of hydrogen-bond donors (Lipinski definition) is 1. The predicted molar refractivity (Wildman–Crippen MR) is 70.2 cm³/mol. The van der Waals surface area contributed by atoms with E-state index in [1.54, 1.807) is 24.9 Å². The van der Waals surface area contributed by atoms with Crippen LogP contribution in [0.4, 0.5) is 0 Å². The summed E-state index contributed by atoms with van der Waals surface area (Å²) in [6.45, 7) is 2.63. The van der Waals surface area contributed by atoms with Crippen LogP contribution in [0.3, 0.4) is 0 Å². The standard InChI is InChI=1S/C13H17N3O3/c1-8-5-12(18-3)14-7-9(8)11-6-10(13(17)19-4)15-16(11)2/h5-6,14H,7H2,1-4H3. The van der Waals surface area contributed by atoms with Crippen LogP contribution < -0.4 is 5.32 Å². The Morgan fingerprint density at radius 1 is 1.47 bits per heavy atom. The zero-order valence-corrected chi connectivity index (χ0v) is 11.5. The zero-order chi connectivity index (χ0) is 14.0. The lowest BCUT2D eigenvalue weighted by molar-refractivity contribution is 0.0593. The molecule has 1 N–H and O–H groups in total. The lowest BCUT2D eigenvalue weighted by Gasteiger charge is -2.19. The molecule has 0 unspecified atom stereocenters. The van der Waals surface area contributed by atoms with E-state index in [2.05, 4.69) is 15.2 Å². The van der Waals surface area contributed by atoms with Gasteiger partial charge in [-0.3, -0.25) is 4.68 Å². The second kappa shape index (κ2) is 5.17. The summed E-state index contributed by atoms with van der Waals surface area (Å²) < 4.78 is 11.5. The molecule has 1 aromatic heterocycles. The maximum Gasteiger partial charge on any atom is 0.358 e. The summed E-state index contributed by atoms with van der Waals surface area (Å²) in [5.41, 5.74) is 3.35. The quantitative estimate of drug-likeness (QED) is 0.826. The normalized spacial score (nSPS) is 14.8. The number of rotatable bonds is 3. The molecule has 2 rings (SSSR count). The number of dihydropyridines is 1. The molecule has 0 radical (unpaired) electrons. The minimum atomic E-state index is -0.433. The number of carbonyl (C=O) groups excluding carboxylic acids is 1. The number of aryl methyl sites for hydroxylation is 1. The molecule has 0 atom stereocenters. The van der Waals surface area contributed by atoms with Gasteiger partial charge in [-0.25, -0.2) is 4.79 Å². The summed E-state index contributed by atoms with van der Waals surface area (Å²) in [7, 11) is 4.77. The second-order valence-electron chi connectivity index (χ2n) is 4.26. The molecule has 102 valence electrons. The lowest BCUT2D eigenvalue weighted by atomic mass is 10.0. The first kappa shape index (κ1) is 13.2. The number of carbonyl (C=O) groups is 1. The molecule has 0 amide bonds. The van der Waals surface area contributed by atoms with E-state index in [9.17, 15) is 4.79 Å². The Balaban J connectivity index is 2.40. The van der Waals surface area contributed by atoms with Crippen LogP contribution in [0.15, 0.2) is 23.6 Å². The van der Waals surface area contributed by atoms with Gasteiger partial charge in [0.1, 0.15) is 0 Å². The summed E-state index contributed by atoms with van der Waals surface area (Å²) in [5, 5.41) is 7.31. The van der Waals surface area contributed by atoms with Crippen molar-refractivity contribution in [3.63, 3.8) is 0 Å². The Morgan fingerprint density at radius 2 is 2.21 bits per heavy atom. The van der Waals surface area contributed by atoms with Crippen molar-refractivity contribution in [1.82, 2.24) is 15.1 Å². The van der Waals surface area contributed by atoms with E-state index in [1.807, 2.05) is 13.0 Å². The highest BCUT2D eigenvalue weighted by Gasteiger charge is 2.19. The van der Waals surface area contributed by atoms with E-state index < -0.39 is 5.97 Å². The van der Waals surface area contributed by atoms with Crippen LogP contribution in [0.1, 0.15) is 23.1 Å². The predicted octanol–water partition coefficient (Wildman–Crippen LogP) is 1.07. The number of esters is 1. The first-order valence-electron chi connectivity index (χ1n) is 5.89. The first-order chi connectivity index (χ1) is 9.06. The Labute approximate surface area is 111 Å². The number of allylic oxidation sites excluding steroid dienone is 2. The smallest absolute Gasteiger partial charge is 0.358 e. The van der Waals surface area contributed by atoms with Crippen LogP contribution in [0.2, 0.25) is 0 Å². The van der Waals surface area contributed by atoms with Crippen molar-refractivity contribution in [2.24, 2.45) is 7.05 Å². The largest absolute Gasteiger partial charge is 0.483 e. The Hall–Kier alpha value is -2.24. The summed E-state index contributed by atoms with van der Waals surface area (Å²) in [4.78, 5) is 11.5. The molecule has 1 aromatic rings. The average Bonchev–Trinajstić information content (AvgIpc) is 2.79. The van der Waals surface area contributed by atoms with Crippen molar-refractivity contribution >= 4 is 11.5 Å². The third kappa shape index (κ3) is 2.47. The van der Waals surface area contributed by atoms with Gasteiger partial charge in [0.2, 0.25) is 0 Å². The Bertz CT molecular complexity index is 570. The number of nitrogens with one attached hydrogen (secondary N) is 1. The summed E-state index contributed by atoms with van der Waals surface area (Å²) in [6.07, 6.45) is 1.92. The van der Waals surface area contributed by atoms with Crippen LogP contribution in [-0.4, -0.2) is 36.5 Å². The number of hydrogen-bond acceptors (Lipinski definition) is 5. The van der Waals surface area contributed by atoms with Crippen molar-refractivity contribution in [3.8, 4) is 0 Å². The monoisotopic (exact) mass is 263 g/mol. The van der Waals surface area contributed by atoms with Gasteiger partial charge >= 0.3 is 5.97 Å². The van der Waals surface area contributed by atoms with Gasteiger partial charge < -0.3 is 14.8 Å². The first-order valence-corrected chi connectivity index (χ1v) is 5.89. The fraction of sp³-hybridized carbons (Fsp3) is 0.385. The Morgan fingerprint density at radius 3 is 2.79 bits per heavy atom. The number of aromatic nitrogens is 2. The molecule has 0 saturated carbocycles. The number of ether oxygens (including phenoxy) is 2. The summed E-state index contributed by atoms with van der Waals surface area (Å²) >= 11 is 0. The van der Waals surface area contributed by atoms with E-state index in [1.165, 1.54) is 7.11 Å². The molecule has 1 aliphatic heterocycles. The molecule has 6 heteroatoms. The van der Waals surface area contributed by atoms with Gasteiger partial charge in [0, 0.05) is 19.7 Å². The topological polar surface area (TPSA) is 65.4 Å². The zero-order valence-electron chi connectivity index (χ0n) is 11.5. The van der Waals surface area contributed by atoms with Crippen molar-refractivity contribution in [2.45, 2.75) is 6.92 Å². The van der Waals surface area contributed by atoms with E-state index in [0.717, 1.165) is 22.7 Å². The third-order valence-corrected chi connectivity index (χ3v) is 3.07. The fourth-order valence-corrected chi connectivity index (χ4v) is 2.03. The molecule has 0 bridgehead atoms. The molecular formula is C13H17N3O3. The van der Waals surface area contributed by atoms with Gasteiger partial charge in [-0.1, -0.05) is 0 Å². The number of methoxy groups -OCH3 is 2. The van der Waals surface area contributed by atoms with Crippen molar-refractivity contribution in [3.05, 3.63) is 35.0 Å². The SMILES string of the molecule is COC(=O)c1cc(C2=C(C)C=C(OC)NC2)n(C)n1. The van der Waals surface area contributed by atoms with Crippen molar-refractivity contribution in [1.29, 1.82) is 0 Å². The molecule has 0 aromatic carbocycles. The third-order valence-electron chi connectivity index (χ3n) is 3.07. The van der Waals surface area contributed by atoms with Gasteiger partial charge in [0.05, 0.1) is 19.9 Å². The average molecular weight is 263 g/mol. The van der Waals surface area contributed by atoms with Gasteiger partial charge in [0.25, 0.3) is 0 Å². The molecule has 2 heterocycles. The van der Waals surface area contributed by atoms with Crippen molar-refractivity contribution in [2.75, 3.05) is 20.8 Å². The number of nitrogens with zero attached hydrogens (tertiary/aromatic N) is 2. The maximum absolute atomic E-state index is 11.5. The van der Waals surface area contributed by atoms with Crippen LogP contribution in [-0.2, 0) is 16.5 Å². The molecule has 1 aliphatic rings. The van der Waals surface area contributed by atoms with Gasteiger partial charge in [-0.2, -0.15) is 5.10 Å². The Kier molecular flexibility index (Phi) is 3.59. The minimum absolute atomic E-state index is 0.307. The summed E-state index contributed by atoms with van der Waals surface area (Å²) in [5.74, 6) is 0.300. The van der Waals surface area contributed by atoms with E-state index in [0.29, 0.717) is 12.2 Å². The van der Waals surface area contributed by atoms with E-state index in [-0.39, 0.29) is 0 Å². The van der Waals surface area contributed by atoms with Crippen LogP contribution in [0.25, 0.3) is 5.57 Å². The molecule has 0 saturated heterocycles. The van der Waals surface area contributed by atoms with E-state index in [4.69, 9.17) is 4.74 Å². The molecule has 19 heavy (non-hydrogen) atoms. The highest BCUT2D eigenvalue weighted by atomic mass is 16.5. The maximum atomic E-state index is 11.5. The van der Waals surface area contributed by atoms with Crippen LogP contribution >= 0.6 is 0 Å². The van der Waals surface area contributed by atoms with Gasteiger partial charge in [0.15, 0.2) is 11.6 Å². The van der Waals surface area contributed by atoms with E-state index >= 15 is 0 Å².